The molecule has 0 aliphatic carbocycles. The Morgan fingerprint density at radius 1 is 1.00 bits per heavy atom. The van der Waals surface area contributed by atoms with Gasteiger partial charge in [0, 0.05) is 6.54 Å². The second-order valence-electron chi connectivity index (χ2n) is 5.53. The second kappa shape index (κ2) is 6.02. The molecule has 0 fully saturated rings. The number of aromatic amines is 2. The van der Waals surface area contributed by atoms with Gasteiger partial charge in [0.25, 0.3) is 0 Å². The van der Waals surface area contributed by atoms with E-state index < -0.39 is 10.0 Å². The van der Waals surface area contributed by atoms with E-state index in [1.807, 2.05) is 25.1 Å². The molecule has 3 N–H and O–H groups in total. The molecule has 0 saturated heterocycles. The lowest BCUT2D eigenvalue weighted by molar-refractivity contribution is 0.580. The van der Waals surface area contributed by atoms with Crippen molar-refractivity contribution in [2.45, 2.75) is 19.2 Å². The molecule has 0 radical (unpaired) electrons. The van der Waals surface area contributed by atoms with E-state index in [-0.39, 0.29) is 18.0 Å². The SMILES string of the molecule is Cc1cccc(CS(=O)(=O)NCc2ccc3[nH]c(=O)[nH]c3c2)c1. The van der Waals surface area contributed by atoms with Crippen LogP contribution in [-0.4, -0.2) is 18.4 Å². The topological polar surface area (TPSA) is 94.8 Å². The highest BCUT2D eigenvalue weighted by atomic mass is 32.2. The van der Waals surface area contributed by atoms with E-state index in [9.17, 15) is 13.2 Å². The zero-order chi connectivity index (χ0) is 16.4. The number of aromatic nitrogens is 2. The number of rotatable bonds is 5. The van der Waals surface area contributed by atoms with Gasteiger partial charge in [-0.2, -0.15) is 0 Å². The largest absolute Gasteiger partial charge is 0.323 e. The van der Waals surface area contributed by atoms with Gasteiger partial charge in [-0.05, 0) is 30.2 Å². The second-order valence-corrected chi connectivity index (χ2v) is 7.34. The number of H-pyrrole nitrogens is 2. The molecule has 3 rings (SSSR count). The summed E-state index contributed by atoms with van der Waals surface area (Å²) in [6, 6.07) is 12.7. The molecule has 6 nitrogen and oxygen atoms in total. The Bertz CT molecular complexity index is 1000. The first-order valence-electron chi connectivity index (χ1n) is 7.15. The highest BCUT2D eigenvalue weighted by Crippen LogP contribution is 2.11. The van der Waals surface area contributed by atoms with Gasteiger partial charge in [0.05, 0.1) is 16.8 Å². The van der Waals surface area contributed by atoms with Gasteiger partial charge in [-0.25, -0.2) is 17.9 Å². The van der Waals surface area contributed by atoms with E-state index in [1.165, 1.54) is 0 Å². The predicted octanol–water partition coefficient (Wildman–Crippen LogP) is 1.78. The molecule has 0 bridgehead atoms. The summed E-state index contributed by atoms with van der Waals surface area (Å²) in [5.74, 6) is -0.0576. The molecule has 23 heavy (non-hydrogen) atoms. The Morgan fingerprint density at radius 2 is 1.78 bits per heavy atom. The van der Waals surface area contributed by atoms with Crippen LogP contribution in [0.3, 0.4) is 0 Å². The maximum Gasteiger partial charge on any atom is 0.323 e. The maximum absolute atomic E-state index is 12.2. The quantitative estimate of drug-likeness (QED) is 0.665. The lowest BCUT2D eigenvalue weighted by atomic mass is 10.2. The smallest absolute Gasteiger partial charge is 0.306 e. The normalized spacial score (nSPS) is 11.9. The summed E-state index contributed by atoms with van der Waals surface area (Å²) in [5.41, 5.74) is 3.63. The molecule has 7 heteroatoms. The molecule has 0 unspecified atom stereocenters. The number of imidazole rings is 1. The van der Waals surface area contributed by atoms with Crippen molar-refractivity contribution in [2.75, 3.05) is 0 Å². The molecule has 2 aromatic carbocycles. The van der Waals surface area contributed by atoms with Crippen molar-refractivity contribution in [3.8, 4) is 0 Å². The highest BCUT2D eigenvalue weighted by Gasteiger charge is 2.11. The number of aryl methyl sites for hydroxylation is 1. The Labute approximate surface area is 133 Å². The van der Waals surface area contributed by atoms with Crippen molar-refractivity contribution >= 4 is 21.1 Å². The lowest BCUT2D eigenvalue weighted by Crippen LogP contribution is -2.24. The third-order valence-electron chi connectivity index (χ3n) is 3.52. The first kappa shape index (κ1) is 15.5. The van der Waals surface area contributed by atoms with Crippen LogP contribution < -0.4 is 10.4 Å². The molecule has 1 aromatic heterocycles. The molecular weight excluding hydrogens is 314 g/mol. The molecule has 0 aliphatic heterocycles. The van der Waals surface area contributed by atoms with Crippen molar-refractivity contribution in [1.82, 2.24) is 14.7 Å². The Balaban J connectivity index is 1.71. The van der Waals surface area contributed by atoms with Gasteiger partial charge < -0.3 is 9.97 Å². The van der Waals surface area contributed by atoms with Crippen LogP contribution >= 0.6 is 0 Å². The number of fused-ring (bicyclic) bond motifs is 1. The van der Waals surface area contributed by atoms with Crippen LogP contribution in [0.4, 0.5) is 0 Å². The Morgan fingerprint density at radius 3 is 2.57 bits per heavy atom. The van der Waals surface area contributed by atoms with Gasteiger partial charge >= 0.3 is 5.69 Å². The minimum Gasteiger partial charge on any atom is -0.306 e. The summed E-state index contributed by atoms with van der Waals surface area (Å²) in [5, 5.41) is 0. The molecule has 0 amide bonds. The zero-order valence-electron chi connectivity index (χ0n) is 12.6. The van der Waals surface area contributed by atoms with Gasteiger partial charge in [-0.1, -0.05) is 35.9 Å². The van der Waals surface area contributed by atoms with Crippen molar-refractivity contribution in [3.05, 3.63) is 69.6 Å². The monoisotopic (exact) mass is 331 g/mol. The van der Waals surface area contributed by atoms with E-state index in [0.717, 1.165) is 16.7 Å². The zero-order valence-corrected chi connectivity index (χ0v) is 13.4. The Kier molecular flexibility index (Phi) is 4.06. The van der Waals surface area contributed by atoms with E-state index in [4.69, 9.17) is 0 Å². The van der Waals surface area contributed by atoms with Crippen LogP contribution in [0.25, 0.3) is 11.0 Å². The van der Waals surface area contributed by atoms with Crippen molar-refractivity contribution in [2.24, 2.45) is 0 Å². The van der Waals surface area contributed by atoms with Gasteiger partial charge in [0.1, 0.15) is 0 Å². The number of nitrogens with one attached hydrogen (secondary N) is 3. The molecule has 3 aromatic rings. The summed E-state index contributed by atoms with van der Waals surface area (Å²) in [6.07, 6.45) is 0. The van der Waals surface area contributed by atoms with E-state index in [2.05, 4.69) is 14.7 Å². The van der Waals surface area contributed by atoms with Crippen LogP contribution in [0.15, 0.2) is 47.3 Å². The molecule has 1 heterocycles. The lowest BCUT2D eigenvalue weighted by Gasteiger charge is -2.07. The molecular formula is C16H17N3O3S. The van der Waals surface area contributed by atoms with Crippen molar-refractivity contribution in [1.29, 1.82) is 0 Å². The summed E-state index contributed by atoms with van der Waals surface area (Å²) in [6.45, 7) is 2.10. The molecule has 0 aliphatic rings. The van der Waals surface area contributed by atoms with E-state index >= 15 is 0 Å². The fraction of sp³-hybridized carbons (Fsp3) is 0.188. The van der Waals surface area contributed by atoms with Crippen LogP contribution in [0.2, 0.25) is 0 Å². The first-order chi connectivity index (χ1) is 10.9. The Hall–Kier alpha value is -2.38. The number of hydrogen-bond acceptors (Lipinski definition) is 3. The van der Waals surface area contributed by atoms with Crippen molar-refractivity contribution < 1.29 is 8.42 Å². The molecule has 120 valence electrons. The van der Waals surface area contributed by atoms with Gasteiger partial charge in [0.2, 0.25) is 10.0 Å². The fourth-order valence-corrected chi connectivity index (χ4v) is 3.56. The van der Waals surface area contributed by atoms with Gasteiger partial charge in [-0.3, -0.25) is 0 Å². The van der Waals surface area contributed by atoms with Crippen molar-refractivity contribution in [3.63, 3.8) is 0 Å². The van der Waals surface area contributed by atoms with Crippen LogP contribution in [0.5, 0.6) is 0 Å². The van der Waals surface area contributed by atoms with Crippen LogP contribution in [0, 0.1) is 6.92 Å². The van der Waals surface area contributed by atoms with Gasteiger partial charge in [-0.15, -0.1) is 0 Å². The number of hydrogen-bond donors (Lipinski definition) is 3. The van der Waals surface area contributed by atoms with Crippen LogP contribution in [0.1, 0.15) is 16.7 Å². The third-order valence-corrected chi connectivity index (χ3v) is 4.81. The molecule has 0 saturated carbocycles. The fourth-order valence-electron chi connectivity index (χ4n) is 2.46. The standard InChI is InChI=1S/C16H17N3O3S/c1-11-3-2-4-13(7-11)10-23(21,22)17-9-12-5-6-14-15(8-12)19-16(20)18-14/h2-8,17H,9-10H2,1H3,(H2,18,19,20). The predicted molar refractivity (Wildman–Crippen MR) is 89.6 cm³/mol. The molecule has 0 atom stereocenters. The average Bonchev–Trinajstić information content (AvgIpc) is 2.84. The first-order valence-corrected chi connectivity index (χ1v) is 8.80. The number of benzene rings is 2. The third kappa shape index (κ3) is 3.88. The average molecular weight is 331 g/mol. The number of sulfonamides is 1. The van der Waals surface area contributed by atoms with E-state index in [0.29, 0.717) is 11.0 Å². The van der Waals surface area contributed by atoms with Crippen LogP contribution in [-0.2, 0) is 22.3 Å². The summed E-state index contributed by atoms with van der Waals surface area (Å²) >= 11 is 0. The summed E-state index contributed by atoms with van der Waals surface area (Å²) in [7, 11) is -3.43. The summed E-state index contributed by atoms with van der Waals surface area (Å²) < 4.78 is 26.9. The maximum atomic E-state index is 12.2. The van der Waals surface area contributed by atoms with Gasteiger partial charge in [0.15, 0.2) is 0 Å². The molecule has 0 spiro atoms. The minimum atomic E-state index is -3.43. The summed E-state index contributed by atoms with van der Waals surface area (Å²) in [4.78, 5) is 16.5. The minimum absolute atomic E-state index is 0.0576. The van der Waals surface area contributed by atoms with E-state index in [1.54, 1.807) is 24.3 Å². The highest BCUT2D eigenvalue weighted by molar-refractivity contribution is 7.88.